The lowest BCUT2D eigenvalue weighted by Crippen LogP contribution is -2.51. The zero-order chi connectivity index (χ0) is 33.3. The van der Waals surface area contributed by atoms with Gasteiger partial charge in [-0.1, -0.05) is 12.0 Å². The van der Waals surface area contributed by atoms with Crippen molar-refractivity contribution in [2.45, 2.75) is 50.2 Å². The number of aromatic hydroxyl groups is 1. The van der Waals surface area contributed by atoms with E-state index in [1.807, 2.05) is 0 Å². The van der Waals surface area contributed by atoms with E-state index in [1.165, 1.54) is 30.3 Å². The summed E-state index contributed by atoms with van der Waals surface area (Å²) < 4.78 is 54.4. The van der Waals surface area contributed by atoms with Gasteiger partial charge in [0.05, 0.1) is 17.7 Å². The van der Waals surface area contributed by atoms with Gasteiger partial charge in [0.2, 0.25) is 0 Å². The topological polar surface area (TPSA) is 77.0 Å². The molecule has 3 aliphatic heterocycles. The maximum absolute atomic E-state index is 16.9. The first-order chi connectivity index (χ1) is 23.1. The summed E-state index contributed by atoms with van der Waals surface area (Å²) in [5.74, 6) is -0.0401. The normalized spacial score (nSPS) is 23.4. The van der Waals surface area contributed by atoms with Crippen molar-refractivity contribution in [2.24, 2.45) is 5.41 Å². The molecule has 250 valence electrons. The first kappa shape index (κ1) is 31.2. The van der Waals surface area contributed by atoms with Crippen molar-refractivity contribution in [3.63, 3.8) is 0 Å². The van der Waals surface area contributed by atoms with Crippen LogP contribution in [0.4, 0.5) is 19.0 Å². The van der Waals surface area contributed by atoms with Gasteiger partial charge in [-0.25, -0.2) is 13.2 Å². The van der Waals surface area contributed by atoms with E-state index >= 15 is 8.78 Å². The number of rotatable bonds is 8. The molecule has 4 fully saturated rings. The number of benzene rings is 3. The zero-order valence-corrected chi connectivity index (χ0v) is 27.2. The molecule has 0 spiro atoms. The van der Waals surface area contributed by atoms with Gasteiger partial charge in [0.1, 0.15) is 28.7 Å². The van der Waals surface area contributed by atoms with Crippen LogP contribution in [0, 0.1) is 35.2 Å². The van der Waals surface area contributed by atoms with Crippen LogP contribution >= 0.6 is 0 Å². The lowest BCUT2D eigenvalue weighted by atomic mass is 9.92. The van der Waals surface area contributed by atoms with Crippen LogP contribution in [0.25, 0.3) is 32.8 Å². The maximum atomic E-state index is 16.9. The van der Waals surface area contributed by atoms with Gasteiger partial charge in [-0.2, -0.15) is 9.97 Å². The Morgan fingerprint density at radius 2 is 1.81 bits per heavy atom. The number of ether oxygens (including phenoxy) is 1. The number of phenolic OH excluding ortho intramolecular Hbond substituents is 1. The standard InChI is InChI=1S/C37H39F3N6O2/c1-4-26-29(38)8-5-21-13-25(47)14-27(31(21)26)32-30(39)15-28-34(33(32)40)42-36(43-35(28)46-16-22-6-7-23(17-46)41-22)48-20-37(10-11-37)19-45-12-9-24(18-45)44(2)3/h1,5,8,13-15,22-24,41,47H,6-7,9-12,16-20H2,2-3H3/t22?,23?,24-/m1/s1. The van der Waals surface area contributed by atoms with Gasteiger partial charge >= 0.3 is 6.01 Å². The van der Waals surface area contributed by atoms with Crippen molar-refractivity contribution >= 4 is 27.5 Å². The number of hydrogen-bond donors (Lipinski definition) is 2. The van der Waals surface area contributed by atoms with E-state index in [2.05, 4.69) is 45.0 Å². The van der Waals surface area contributed by atoms with Crippen LogP contribution in [0.2, 0.25) is 0 Å². The third-order valence-electron chi connectivity index (χ3n) is 10.8. The number of likely N-dealkylation sites (tertiary alicyclic amines) is 1. The van der Waals surface area contributed by atoms with Crippen molar-refractivity contribution in [1.29, 1.82) is 0 Å². The summed E-state index contributed by atoms with van der Waals surface area (Å²) in [5, 5.41) is 14.9. The maximum Gasteiger partial charge on any atom is 0.319 e. The third kappa shape index (κ3) is 5.50. The molecule has 3 atom stereocenters. The fraction of sp³-hybridized carbons (Fsp3) is 0.459. The molecule has 2 unspecified atom stereocenters. The fourth-order valence-corrected chi connectivity index (χ4v) is 8.04. The lowest BCUT2D eigenvalue weighted by molar-refractivity contribution is 0.164. The predicted octanol–water partition coefficient (Wildman–Crippen LogP) is 5.29. The SMILES string of the molecule is C#Cc1c(F)ccc2cc(O)cc(-c3c(F)cc4c(N5CC6CCC(C5)N6)nc(OCC5(CN6CC[C@@H](N(C)C)C6)CC5)nc4c3F)c12. The molecule has 0 amide bonds. The van der Waals surface area contributed by atoms with E-state index in [0.29, 0.717) is 36.9 Å². The Morgan fingerprint density at radius 3 is 2.50 bits per heavy atom. The van der Waals surface area contributed by atoms with Crippen molar-refractivity contribution in [3.05, 3.63) is 53.3 Å². The number of anilines is 1. The number of phenols is 1. The van der Waals surface area contributed by atoms with E-state index < -0.39 is 23.0 Å². The van der Waals surface area contributed by atoms with E-state index in [4.69, 9.17) is 16.1 Å². The number of nitrogens with zero attached hydrogens (tertiary/aromatic N) is 5. The third-order valence-corrected chi connectivity index (χ3v) is 10.8. The number of fused-ring (bicyclic) bond motifs is 4. The van der Waals surface area contributed by atoms with E-state index in [9.17, 15) is 9.50 Å². The Bertz CT molecular complexity index is 1960. The molecule has 0 radical (unpaired) electrons. The highest BCUT2D eigenvalue weighted by molar-refractivity contribution is 6.04. The Hall–Kier alpha value is -4.11. The average Bonchev–Trinajstić information content (AvgIpc) is 3.51. The van der Waals surface area contributed by atoms with Crippen LogP contribution < -0.4 is 15.0 Å². The van der Waals surface area contributed by atoms with Gasteiger partial charge < -0.3 is 29.9 Å². The molecule has 48 heavy (non-hydrogen) atoms. The molecule has 2 N–H and O–H groups in total. The van der Waals surface area contributed by atoms with E-state index in [-0.39, 0.29) is 56.7 Å². The van der Waals surface area contributed by atoms with Gasteiger partial charge in [-0.3, -0.25) is 0 Å². The Kier molecular flexibility index (Phi) is 7.66. The molecule has 4 heterocycles. The molecular formula is C37H39F3N6O2. The second-order valence-corrected chi connectivity index (χ2v) is 14.4. The molecule has 8 nitrogen and oxygen atoms in total. The second kappa shape index (κ2) is 11.8. The number of likely N-dealkylation sites (N-methyl/N-ethyl adjacent to an activating group) is 1. The predicted molar refractivity (Wildman–Crippen MR) is 180 cm³/mol. The average molecular weight is 657 g/mol. The highest BCUT2D eigenvalue weighted by Crippen LogP contribution is 2.47. The number of aromatic nitrogens is 2. The van der Waals surface area contributed by atoms with Gasteiger partial charge in [-0.05, 0) is 82.4 Å². The van der Waals surface area contributed by atoms with Crippen LogP contribution in [0.1, 0.15) is 37.7 Å². The molecule has 11 heteroatoms. The zero-order valence-electron chi connectivity index (χ0n) is 27.2. The lowest BCUT2D eigenvalue weighted by Gasteiger charge is -2.34. The molecule has 4 aromatic rings. The smallest absolute Gasteiger partial charge is 0.319 e. The molecule has 1 saturated carbocycles. The van der Waals surface area contributed by atoms with Gasteiger partial charge in [0.15, 0.2) is 5.82 Å². The van der Waals surface area contributed by atoms with Crippen LogP contribution in [-0.4, -0.2) is 96.4 Å². The summed E-state index contributed by atoms with van der Waals surface area (Å²) in [5.41, 5.74) is -0.781. The molecule has 1 aliphatic carbocycles. The number of hydrogen-bond acceptors (Lipinski definition) is 8. The van der Waals surface area contributed by atoms with Crippen molar-refractivity contribution < 1.29 is 23.0 Å². The summed E-state index contributed by atoms with van der Waals surface area (Å²) in [4.78, 5) is 16.2. The summed E-state index contributed by atoms with van der Waals surface area (Å²) >= 11 is 0. The van der Waals surface area contributed by atoms with Gasteiger partial charge in [0.25, 0.3) is 0 Å². The molecule has 3 saturated heterocycles. The summed E-state index contributed by atoms with van der Waals surface area (Å²) in [7, 11) is 4.24. The van der Waals surface area contributed by atoms with Gasteiger partial charge in [0, 0.05) is 66.1 Å². The van der Waals surface area contributed by atoms with Crippen LogP contribution in [0.15, 0.2) is 30.3 Å². The van der Waals surface area contributed by atoms with E-state index in [1.54, 1.807) is 0 Å². The number of terminal acetylenes is 1. The Morgan fingerprint density at radius 1 is 1.04 bits per heavy atom. The minimum atomic E-state index is -0.955. The first-order valence-corrected chi connectivity index (χ1v) is 16.8. The minimum Gasteiger partial charge on any atom is -0.508 e. The number of piperazine rings is 1. The summed E-state index contributed by atoms with van der Waals surface area (Å²) in [6.07, 6.45) is 10.9. The largest absolute Gasteiger partial charge is 0.508 e. The van der Waals surface area contributed by atoms with E-state index in [0.717, 1.165) is 51.7 Å². The van der Waals surface area contributed by atoms with Crippen molar-refractivity contribution in [2.75, 3.05) is 58.3 Å². The van der Waals surface area contributed by atoms with Crippen LogP contribution in [-0.2, 0) is 0 Å². The Balaban J connectivity index is 1.21. The first-order valence-electron chi connectivity index (χ1n) is 16.8. The van der Waals surface area contributed by atoms with Gasteiger partial charge in [-0.15, -0.1) is 6.42 Å². The van der Waals surface area contributed by atoms with Crippen LogP contribution in [0.5, 0.6) is 11.8 Å². The van der Waals surface area contributed by atoms with Crippen molar-refractivity contribution in [3.8, 4) is 35.2 Å². The molecule has 3 aromatic carbocycles. The molecule has 1 aromatic heterocycles. The fourth-order valence-electron chi connectivity index (χ4n) is 8.04. The molecule has 4 aliphatic rings. The molecule has 2 bridgehead atoms. The quantitative estimate of drug-likeness (QED) is 0.248. The van der Waals surface area contributed by atoms with Crippen LogP contribution in [0.3, 0.4) is 0 Å². The minimum absolute atomic E-state index is 0.0173. The highest BCUT2D eigenvalue weighted by atomic mass is 19.1. The highest BCUT2D eigenvalue weighted by Gasteiger charge is 2.46. The van der Waals surface area contributed by atoms with Crippen molar-refractivity contribution in [1.82, 2.24) is 25.1 Å². The Labute approximate surface area is 277 Å². The second-order valence-electron chi connectivity index (χ2n) is 14.4. The molecule has 8 rings (SSSR count). The number of nitrogens with one attached hydrogen (secondary N) is 1. The monoisotopic (exact) mass is 656 g/mol. The molecular weight excluding hydrogens is 617 g/mol. The summed E-state index contributed by atoms with van der Waals surface area (Å²) in [6, 6.07) is 7.51. The number of halogens is 3. The summed E-state index contributed by atoms with van der Waals surface area (Å²) in [6.45, 7) is 4.65.